The molecule has 3 N–H and O–H groups in total. The predicted octanol–water partition coefficient (Wildman–Crippen LogP) is 5.29. The second kappa shape index (κ2) is 11.9. The van der Waals surface area contributed by atoms with Crippen molar-refractivity contribution in [2.75, 3.05) is 32.1 Å². The van der Waals surface area contributed by atoms with Crippen LogP contribution >= 0.6 is 23.2 Å². The lowest BCUT2D eigenvalue weighted by Crippen LogP contribution is -2.56. The van der Waals surface area contributed by atoms with Gasteiger partial charge in [0.05, 0.1) is 12.1 Å². The molecular weight excluding hydrogens is 557 g/mol. The monoisotopic (exact) mass is 594 g/mol. The predicted molar refractivity (Wildman–Crippen MR) is 157 cm³/mol. The van der Waals surface area contributed by atoms with Gasteiger partial charge in [-0.2, -0.15) is 0 Å². The van der Waals surface area contributed by atoms with Crippen molar-refractivity contribution in [3.8, 4) is 0 Å². The third kappa shape index (κ3) is 6.01. The Hall–Kier alpha value is -2.26. The molecule has 218 valence electrons. The van der Waals surface area contributed by atoms with E-state index >= 15 is 0 Å². The van der Waals surface area contributed by atoms with Gasteiger partial charge in [0, 0.05) is 40.8 Å². The van der Waals surface area contributed by atoms with Crippen LogP contribution in [0.25, 0.3) is 0 Å². The van der Waals surface area contributed by atoms with Crippen LogP contribution in [-0.4, -0.2) is 67.8 Å². The molecule has 3 aliphatic rings. The third-order valence-electron chi connectivity index (χ3n) is 8.09. The molecule has 1 aromatic carbocycles. The van der Waals surface area contributed by atoms with Gasteiger partial charge in [-0.15, -0.1) is 0 Å². The smallest absolute Gasteiger partial charge is 0.238 e. The number of hydrogen-bond donors (Lipinski definition) is 3. The SMILES string of the molecule is C=C(/C=C\C=C(\Cl)CF)[C@H]1[C@H](C(=O)N[C@@H]2CCN(C)C[C@@H]2F)N[C@H](CC(C)(C)C)[C@]12C(=O)Nc1cc(Cl)ccc12. The average Bonchev–Trinajstić information content (AvgIpc) is 3.34. The Bertz CT molecular complexity index is 1230. The molecule has 2 saturated heterocycles. The summed E-state index contributed by atoms with van der Waals surface area (Å²) in [7, 11) is 1.85. The summed E-state index contributed by atoms with van der Waals surface area (Å²) in [5.74, 6) is -1.39. The van der Waals surface area contributed by atoms with Crippen molar-refractivity contribution in [1.82, 2.24) is 15.5 Å². The summed E-state index contributed by atoms with van der Waals surface area (Å²) in [4.78, 5) is 30.0. The fourth-order valence-electron chi connectivity index (χ4n) is 6.39. The normalized spacial score (nSPS) is 31.1. The Morgan fingerprint density at radius 2 is 2.08 bits per heavy atom. The number of benzene rings is 1. The van der Waals surface area contributed by atoms with Gasteiger partial charge in [-0.05, 0) is 54.6 Å². The minimum absolute atomic E-state index is 0.0121. The molecule has 2 amide bonds. The number of rotatable bonds is 7. The van der Waals surface area contributed by atoms with Gasteiger partial charge in [-0.3, -0.25) is 9.59 Å². The van der Waals surface area contributed by atoms with Crippen molar-refractivity contribution in [2.45, 2.75) is 63.3 Å². The van der Waals surface area contributed by atoms with Gasteiger partial charge in [0.2, 0.25) is 11.8 Å². The lowest BCUT2D eigenvalue weighted by atomic mass is 9.62. The van der Waals surface area contributed by atoms with E-state index in [1.54, 1.807) is 24.3 Å². The molecule has 0 bridgehead atoms. The first-order valence-electron chi connectivity index (χ1n) is 13.6. The van der Waals surface area contributed by atoms with Crippen molar-refractivity contribution in [3.05, 3.63) is 64.2 Å². The zero-order valence-corrected chi connectivity index (χ0v) is 24.9. The topological polar surface area (TPSA) is 73.5 Å². The van der Waals surface area contributed by atoms with Crippen LogP contribution in [0.15, 0.2) is 53.6 Å². The van der Waals surface area contributed by atoms with Crippen molar-refractivity contribution in [1.29, 1.82) is 0 Å². The van der Waals surface area contributed by atoms with E-state index in [-0.39, 0.29) is 28.8 Å². The molecule has 0 aromatic heterocycles. The van der Waals surface area contributed by atoms with Crippen LogP contribution in [-0.2, 0) is 15.0 Å². The zero-order chi connectivity index (χ0) is 29.4. The molecule has 0 aliphatic carbocycles. The molecule has 10 heteroatoms. The third-order valence-corrected chi connectivity index (χ3v) is 8.55. The van der Waals surface area contributed by atoms with Crippen LogP contribution in [0.4, 0.5) is 14.5 Å². The van der Waals surface area contributed by atoms with E-state index in [0.717, 1.165) is 5.56 Å². The van der Waals surface area contributed by atoms with Gasteiger partial charge < -0.3 is 20.9 Å². The van der Waals surface area contributed by atoms with Gasteiger partial charge >= 0.3 is 0 Å². The van der Waals surface area contributed by atoms with E-state index in [2.05, 4.69) is 43.3 Å². The number of carbonyl (C=O) groups is 2. The maximum Gasteiger partial charge on any atom is 0.238 e. The van der Waals surface area contributed by atoms with Crippen LogP contribution in [0, 0.1) is 11.3 Å². The summed E-state index contributed by atoms with van der Waals surface area (Å²) < 4.78 is 27.9. The Morgan fingerprint density at radius 1 is 1.35 bits per heavy atom. The molecule has 4 rings (SSSR count). The van der Waals surface area contributed by atoms with E-state index in [1.807, 2.05) is 18.0 Å². The first-order valence-corrected chi connectivity index (χ1v) is 14.3. The van der Waals surface area contributed by atoms with Gasteiger partial charge in [0.15, 0.2) is 0 Å². The van der Waals surface area contributed by atoms with Crippen molar-refractivity contribution in [3.63, 3.8) is 0 Å². The highest BCUT2D eigenvalue weighted by molar-refractivity contribution is 6.31. The van der Waals surface area contributed by atoms with E-state index in [1.165, 1.54) is 6.08 Å². The molecule has 6 nitrogen and oxygen atoms in total. The molecule has 0 saturated carbocycles. The summed E-state index contributed by atoms with van der Waals surface area (Å²) in [5, 5.41) is 9.90. The minimum atomic E-state index is -1.21. The zero-order valence-electron chi connectivity index (χ0n) is 23.4. The van der Waals surface area contributed by atoms with Crippen LogP contribution in [0.5, 0.6) is 0 Å². The number of halogens is 4. The molecular formula is C30H38Cl2F2N4O2. The number of alkyl halides is 2. The molecule has 3 heterocycles. The van der Waals surface area contributed by atoms with E-state index in [0.29, 0.717) is 35.7 Å². The number of anilines is 1. The molecule has 0 unspecified atom stereocenters. The lowest BCUT2D eigenvalue weighted by molar-refractivity contribution is -0.125. The second-order valence-electron chi connectivity index (χ2n) is 12.3. The largest absolute Gasteiger partial charge is 0.349 e. The lowest BCUT2D eigenvalue weighted by Gasteiger charge is -2.38. The summed E-state index contributed by atoms with van der Waals surface area (Å²) >= 11 is 12.1. The number of likely N-dealkylation sites (tertiary alicyclic amines) is 1. The van der Waals surface area contributed by atoms with E-state index < -0.39 is 42.3 Å². The van der Waals surface area contributed by atoms with Crippen molar-refractivity contribution in [2.24, 2.45) is 11.3 Å². The Kier molecular flexibility index (Phi) is 9.15. The highest BCUT2D eigenvalue weighted by Gasteiger charge is 2.65. The summed E-state index contributed by atoms with van der Waals surface area (Å²) in [6.07, 6.45) is 4.46. The number of hydrogen-bond acceptors (Lipinski definition) is 4. The van der Waals surface area contributed by atoms with Gasteiger partial charge in [0.25, 0.3) is 0 Å². The number of amides is 2. The number of piperidine rings is 1. The Labute approximate surface area is 245 Å². The summed E-state index contributed by atoms with van der Waals surface area (Å²) in [6.45, 7) is 10.6. The van der Waals surface area contributed by atoms with Crippen LogP contribution in [0.2, 0.25) is 5.02 Å². The Balaban J connectivity index is 1.82. The number of nitrogens with zero attached hydrogens (tertiary/aromatic N) is 1. The van der Waals surface area contributed by atoms with Crippen molar-refractivity contribution >= 4 is 40.7 Å². The number of allylic oxidation sites excluding steroid dienone is 4. The summed E-state index contributed by atoms with van der Waals surface area (Å²) in [5.41, 5.74) is 0.384. The summed E-state index contributed by atoms with van der Waals surface area (Å²) in [6, 6.07) is 3.29. The molecule has 6 atom stereocenters. The molecule has 0 radical (unpaired) electrons. The maximum atomic E-state index is 14.9. The molecule has 40 heavy (non-hydrogen) atoms. The van der Waals surface area contributed by atoms with E-state index in [9.17, 15) is 18.4 Å². The second-order valence-corrected chi connectivity index (χ2v) is 13.2. The van der Waals surface area contributed by atoms with Crippen LogP contribution in [0.1, 0.15) is 39.2 Å². The maximum absolute atomic E-state index is 14.9. The van der Waals surface area contributed by atoms with Crippen molar-refractivity contribution < 1.29 is 18.4 Å². The minimum Gasteiger partial charge on any atom is -0.349 e. The average molecular weight is 596 g/mol. The van der Waals surface area contributed by atoms with Gasteiger partial charge in [-0.1, -0.05) is 68.8 Å². The first-order chi connectivity index (χ1) is 18.8. The fraction of sp³-hybridized carbons (Fsp3) is 0.533. The first kappa shape index (κ1) is 30.7. The highest BCUT2D eigenvalue weighted by atomic mass is 35.5. The van der Waals surface area contributed by atoms with E-state index in [4.69, 9.17) is 23.2 Å². The van der Waals surface area contributed by atoms with Crippen LogP contribution in [0.3, 0.4) is 0 Å². The Morgan fingerprint density at radius 3 is 2.73 bits per heavy atom. The van der Waals surface area contributed by atoms with Crippen LogP contribution < -0.4 is 16.0 Å². The van der Waals surface area contributed by atoms with Gasteiger partial charge in [-0.25, -0.2) is 8.78 Å². The molecule has 2 fully saturated rings. The number of fused-ring (bicyclic) bond motifs is 2. The molecule has 1 spiro atoms. The number of nitrogens with one attached hydrogen (secondary N) is 3. The van der Waals surface area contributed by atoms with Gasteiger partial charge in [0.1, 0.15) is 18.3 Å². The molecule has 1 aromatic rings. The number of carbonyl (C=O) groups excluding carboxylic acids is 2. The molecule has 3 aliphatic heterocycles. The fourth-order valence-corrected chi connectivity index (χ4v) is 6.63. The highest BCUT2D eigenvalue weighted by Crippen LogP contribution is 2.55. The quantitative estimate of drug-likeness (QED) is 0.375. The standard InChI is InChI=1S/C30H38Cl2F2N4O2/c1-17(7-6-8-19(32)15-33)25-26(27(39)35-22-11-12-38(5)16-21(22)34)37-24(14-29(2,3)4)30(25)20-10-9-18(31)13-23(20)36-28(30)40/h6-10,13,21-22,24-26,37H,1,11-12,14-16H2,2-5H3,(H,35,39)(H,36,40)/b7-6-,19-8+/t21-,22+,24+,25-,26+,30-/m0/s1.